The summed E-state index contributed by atoms with van der Waals surface area (Å²) in [6, 6.07) is 31.2. The van der Waals surface area contributed by atoms with Crippen molar-refractivity contribution in [3.05, 3.63) is 119 Å². The molecule has 0 bridgehead atoms. The third-order valence-electron chi connectivity index (χ3n) is 6.66. The normalized spacial score (nSPS) is 11.2. The number of nitrogens with zero attached hydrogens (tertiary/aromatic N) is 4. The van der Waals surface area contributed by atoms with Gasteiger partial charge in [-0.1, -0.05) is 57.6 Å². The molecule has 0 saturated carbocycles. The molecule has 4 aromatic carbocycles. The molecule has 0 spiro atoms. The molecule has 7 nitrogen and oxygen atoms in total. The third-order valence-corrected chi connectivity index (χ3v) is 6.66. The van der Waals surface area contributed by atoms with Crippen molar-refractivity contribution in [3.63, 3.8) is 0 Å². The van der Waals surface area contributed by atoms with Crippen LogP contribution in [0, 0.1) is 17.0 Å². The Balaban J connectivity index is 1.67. The fraction of sp³-hybridized carbons (Fsp3) is 0.0968. The number of hydrogen-bond donors (Lipinski definition) is 0. The standard InChI is InChI=1S/C31H25N4O3/c1-3-38-26-18-16-24(17-19-26)33-20-29(22-12-14-25(15-13-22)35(36)37)34-31(33)28-7-5-4-6-27(28)30(32-34)23-10-8-21(2)9-11-23/h4-20H,3H2,1-2H3/q+1. The molecule has 7 heteroatoms. The van der Waals surface area contributed by atoms with Gasteiger partial charge in [-0.25, -0.2) is 0 Å². The average Bonchev–Trinajstić information content (AvgIpc) is 3.33. The molecule has 0 amide bonds. The van der Waals surface area contributed by atoms with Gasteiger partial charge >= 0.3 is 5.65 Å². The van der Waals surface area contributed by atoms with E-state index >= 15 is 0 Å². The van der Waals surface area contributed by atoms with E-state index in [1.165, 1.54) is 17.7 Å². The Bertz CT molecular complexity index is 1790. The monoisotopic (exact) mass is 501 g/mol. The van der Waals surface area contributed by atoms with Crippen LogP contribution in [0.25, 0.3) is 44.6 Å². The van der Waals surface area contributed by atoms with Crippen LogP contribution in [0.4, 0.5) is 5.69 Å². The molecule has 0 saturated heterocycles. The van der Waals surface area contributed by atoms with E-state index in [1.807, 2.05) is 54.0 Å². The largest absolute Gasteiger partial charge is 0.494 e. The summed E-state index contributed by atoms with van der Waals surface area (Å²) in [7, 11) is 0. The number of non-ortho nitro benzene ring substituents is 1. The van der Waals surface area contributed by atoms with Gasteiger partial charge in [0.05, 0.1) is 16.9 Å². The van der Waals surface area contributed by atoms with Crippen molar-refractivity contribution in [3.8, 4) is 34.0 Å². The summed E-state index contributed by atoms with van der Waals surface area (Å²) in [6.07, 6.45) is 2.03. The highest BCUT2D eigenvalue weighted by atomic mass is 16.6. The minimum absolute atomic E-state index is 0.0488. The summed E-state index contributed by atoms with van der Waals surface area (Å²) in [6.45, 7) is 4.63. The van der Waals surface area contributed by atoms with E-state index in [9.17, 15) is 10.1 Å². The summed E-state index contributed by atoms with van der Waals surface area (Å²) in [4.78, 5) is 10.9. The molecule has 0 unspecified atom stereocenters. The van der Waals surface area contributed by atoms with Gasteiger partial charge in [0.2, 0.25) is 5.69 Å². The number of nitro groups is 1. The zero-order valence-electron chi connectivity index (χ0n) is 21.0. The molecule has 2 aromatic heterocycles. The fourth-order valence-corrected chi connectivity index (χ4v) is 4.78. The molecule has 0 atom stereocenters. The Morgan fingerprint density at radius 2 is 1.53 bits per heavy atom. The minimum Gasteiger partial charge on any atom is -0.494 e. The van der Waals surface area contributed by atoms with Crippen molar-refractivity contribution in [2.24, 2.45) is 0 Å². The maximum atomic E-state index is 11.3. The van der Waals surface area contributed by atoms with Crippen LogP contribution in [0.3, 0.4) is 0 Å². The van der Waals surface area contributed by atoms with Gasteiger partial charge in [-0.2, -0.15) is 4.57 Å². The van der Waals surface area contributed by atoms with Gasteiger partial charge in [0.15, 0.2) is 0 Å². The SMILES string of the molecule is CCOc1ccc(-[n+]2cc(-c3ccc([N+](=O)[O-])cc3)n3nc(-c4ccc(C)cc4)c4ccccc4c32)cc1. The van der Waals surface area contributed by atoms with Gasteiger partial charge in [-0.05, 0) is 56.3 Å². The number of rotatable bonds is 6. The zero-order valence-corrected chi connectivity index (χ0v) is 21.0. The summed E-state index contributed by atoms with van der Waals surface area (Å²) in [5, 5.41) is 18.5. The van der Waals surface area contributed by atoms with Crippen LogP contribution in [-0.2, 0) is 0 Å². The highest BCUT2D eigenvalue weighted by Gasteiger charge is 2.26. The zero-order chi connectivity index (χ0) is 26.2. The second kappa shape index (κ2) is 9.44. The molecule has 0 fully saturated rings. The number of fused-ring (bicyclic) bond motifs is 3. The molecule has 0 radical (unpaired) electrons. The first kappa shape index (κ1) is 23.4. The van der Waals surface area contributed by atoms with E-state index in [4.69, 9.17) is 9.84 Å². The Hall–Kier alpha value is -5.04. The lowest BCUT2D eigenvalue weighted by Crippen LogP contribution is -2.29. The molecule has 2 heterocycles. The Kier molecular flexibility index (Phi) is 5.81. The van der Waals surface area contributed by atoms with Crippen LogP contribution in [0.5, 0.6) is 5.75 Å². The molecule has 0 aliphatic heterocycles. The summed E-state index contributed by atoms with van der Waals surface area (Å²) in [5.74, 6) is 0.806. The number of aryl methyl sites for hydroxylation is 1. The summed E-state index contributed by atoms with van der Waals surface area (Å²) >= 11 is 0. The van der Waals surface area contributed by atoms with E-state index in [2.05, 4.69) is 47.9 Å². The lowest BCUT2D eigenvalue weighted by atomic mass is 10.0. The van der Waals surface area contributed by atoms with Crippen molar-refractivity contribution in [2.75, 3.05) is 6.61 Å². The number of ether oxygens (including phenoxy) is 1. The minimum atomic E-state index is -0.388. The van der Waals surface area contributed by atoms with E-state index in [-0.39, 0.29) is 10.6 Å². The van der Waals surface area contributed by atoms with Crippen LogP contribution < -0.4 is 9.30 Å². The van der Waals surface area contributed by atoms with Crippen LogP contribution in [0.1, 0.15) is 12.5 Å². The molecule has 6 rings (SSSR count). The third kappa shape index (κ3) is 4.04. The number of nitro benzene ring substituents is 1. The van der Waals surface area contributed by atoms with Gasteiger partial charge < -0.3 is 4.74 Å². The second-order valence-electron chi connectivity index (χ2n) is 9.11. The van der Waals surface area contributed by atoms with Crippen molar-refractivity contribution < 1.29 is 14.2 Å². The van der Waals surface area contributed by atoms with Gasteiger partial charge in [0.25, 0.3) is 5.69 Å². The van der Waals surface area contributed by atoms with Gasteiger partial charge in [0.1, 0.15) is 23.3 Å². The Morgan fingerprint density at radius 1 is 0.868 bits per heavy atom. The average molecular weight is 502 g/mol. The number of aromatic nitrogens is 3. The maximum absolute atomic E-state index is 11.3. The van der Waals surface area contributed by atoms with Crippen molar-refractivity contribution in [1.29, 1.82) is 0 Å². The molecule has 0 aliphatic rings. The number of benzene rings is 4. The molecular weight excluding hydrogens is 476 g/mol. The number of hydrogen-bond acceptors (Lipinski definition) is 4. The topological polar surface area (TPSA) is 73.5 Å². The smallest absolute Gasteiger partial charge is 0.320 e. The van der Waals surface area contributed by atoms with Gasteiger partial charge in [-0.3, -0.25) is 10.1 Å². The van der Waals surface area contributed by atoms with Crippen molar-refractivity contribution in [2.45, 2.75) is 13.8 Å². The first-order chi connectivity index (χ1) is 18.5. The molecule has 0 N–H and O–H groups in total. The first-order valence-electron chi connectivity index (χ1n) is 12.4. The van der Waals surface area contributed by atoms with E-state index in [0.717, 1.165) is 50.4 Å². The van der Waals surface area contributed by atoms with E-state index in [1.54, 1.807) is 12.1 Å². The first-order valence-corrected chi connectivity index (χ1v) is 12.4. The lowest BCUT2D eigenvalue weighted by molar-refractivity contribution is -0.565. The predicted octanol–water partition coefficient (Wildman–Crippen LogP) is 6.71. The van der Waals surface area contributed by atoms with Crippen molar-refractivity contribution in [1.82, 2.24) is 9.61 Å². The molecule has 38 heavy (non-hydrogen) atoms. The highest BCUT2D eigenvalue weighted by Crippen LogP contribution is 2.32. The van der Waals surface area contributed by atoms with E-state index < -0.39 is 0 Å². The lowest BCUT2D eigenvalue weighted by Gasteiger charge is -2.07. The van der Waals surface area contributed by atoms with Crippen LogP contribution in [-0.4, -0.2) is 21.1 Å². The van der Waals surface area contributed by atoms with Crippen LogP contribution >= 0.6 is 0 Å². The maximum Gasteiger partial charge on any atom is 0.320 e. The quantitative estimate of drug-likeness (QED) is 0.144. The Morgan fingerprint density at radius 3 is 2.18 bits per heavy atom. The predicted molar refractivity (Wildman–Crippen MR) is 148 cm³/mol. The van der Waals surface area contributed by atoms with Crippen LogP contribution in [0.2, 0.25) is 0 Å². The van der Waals surface area contributed by atoms with E-state index in [0.29, 0.717) is 6.61 Å². The van der Waals surface area contributed by atoms with Gasteiger partial charge in [0, 0.05) is 28.6 Å². The Labute approximate surface area is 219 Å². The molecular formula is C31H25N4O3+. The molecule has 0 aliphatic carbocycles. The molecule has 186 valence electrons. The van der Waals surface area contributed by atoms with Gasteiger partial charge in [-0.15, -0.1) is 0 Å². The second-order valence-corrected chi connectivity index (χ2v) is 9.11. The van der Waals surface area contributed by atoms with Crippen LogP contribution in [0.15, 0.2) is 103 Å². The summed E-state index contributed by atoms with van der Waals surface area (Å²) < 4.78 is 9.70. The fourth-order valence-electron chi connectivity index (χ4n) is 4.78. The molecule has 6 aromatic rings. The number of imidazole rings is 1. The highest BCUT2D eigenvalue weighted by molar-refractivity contribution is 6.01. The van der Waals surface area contributed by atoms with Crippen molar-refractivity contribution >= 4 is 22.1 Å². The summed E-state index contributed by atoms with van der Waals surface area (Å²) in [5.41, 5.74) is 6.61.